The number of aliphatic hydroxyl groups excluding tert-OH is 1. The second-order valence-corrected chi connectivity index (χ2v) is 9.33. The molecule has 0 spiro atoms. The molecule has 2 aliphatic heterocycles. The maximum atomic E-state index is 12.1. The van der Waals surface area contributed by atoms with Crippen LogP contribution in [0.15, 0.2) is 16.8 Å². The van der Waals surface area contributed by atoms with Crippen molar-refractivity contribution in [2.75, 3.05) is 92.7 Å². The number of rotatable bonds is 18. The van der Waals surface area contributed by atoms with Crippen LogP contribution in [-0.4, -0.2) is 133 Å². The van der Waals surface area contributed by atoms with Gasteiger partial charge in [0.25, 0.3) is 0 Å². The number of carbonyl (C=O) groups excluding carboxylic acids is 1. The summed E-state index contributed by atoms with van der Waals surface area (Å²) >= 11 is 5.48. The van der Waals surface area contributed by atoms with Crippen LogP contribution in [0.4, 0.5) is 0 Å². The van der Waals surface area contributed by atoms with Crippen LogP contribution in [0.3, 0.4) is 0 Å². The number of likely N-dealkylation sites (N-methyl/N-ethyl adjacent to an activating group) is 1. The van der Waals surface area contributed by atoms with E-state index in [1.165, 1.54) is 6.20 Å². The van der Waals surface area contributed by atoms with E-state index >= 15 is 0 Å². The van der Waals surface area contributed by atoms with Gasteiger partial charge in [-0.05, 0) is 31.8 Å². The van der Waals surface area contributed by atoms with E-state index in [2.05, 4.69) is 33.3 Å². The molecule has 0 aromatic heterocycles. The van der Waals surface area contributed by atoms with Gasteiger partial charge in [0.1, 0.15) is 6.61 Å². The average molecular weight is 722 g/mol. The summed E-state index contributed by atoms with van der Waals surface area (Å²) < 4.78 is 26.6. The fourth-order valence-electron chi connectivity index (χ4n) is 3.89. The summed E-state index contributed by atoms with van der Waals surface area (Å²) in [6.07, 6.45) is 7.90. The van der Waals surface area contributed by atoms with Crippen molar-refractivity contribution in [3.63, 3.8) is 0 Å². The van der Waals surface area contributed by atoms with Crippen LogP contribution in [0.1, 0.15) is 40.0 Å². The van der Waals surface area contributed by atoms with Crippen LogP contribution in [-0.2, 0) is 61.2 Å². The number of amides is 1. The molecule has 2 rings (SSSR count). The maximum absolute atomic E-state index is 12.1. The molecule has 2 heterocycles. The number of amidine groups is 1. The third-order valence-electron chi connectivity index (χ3n) is 6.04. The number of piperazine rings is 1. The smallest absolute Gasteiger partial charge is 0.225 e. The molecule has 0 aliphatic carbocycles. The summed E-state index contributed by atoms with van der Waals surface area (Å²) in [5, 5.41) is 16.2. The number of hydrogen-bond donors (Lipinski definition) is 3. The van der Waals surface area contributed by atoms with E-state index in [1.54, 1.807) is 7.05 Å². The van der Waals surface area contributed by atoms with E-state index in [1.807, 2.05) is 18.7 Å². The number of nitrogens with zero attached hydrogens (tertiary/aromatic N) is 4. The molecule has 1 radical (unpaired) electrons. The first-order chi connectivity index (χ1) is 21.0. The van der Waals surface area contributed by atoms with Gasteiger partial charge >= 0.3 is 0 Å². The fourth-order valence-corrected chi connectivity index (χ4v) is 4.04. The monoisotopic (exact) mass is 721 g/mol. The number of carbonyl (C=O) groups is 1. The third-order valence-corrected chi connectivity index (χ3v) is 6.20. The standard InChI is InChI=1S/C17H30N2O5.C10H17ClN4O2.C2H6.Y/c1-3-7-21-9-11-23-13-14-24-12-10-22-8-4-17(20)19-6-5-18-15-16(19)2;1-13-5-7(4-12)10(15-11)14-9-3-2-8(6-16)17-9;1-2;/h1,16,18H,4-15H2,2H3;4,8-9,16H,2-3,5-6,12H2,1H3;1-2H3;/q;-2;;/b;7-4-;;/t16-;;;/m0.../s1. The number of aliphatic hydroxyl groups is 1. The van der Waals surface area contributed by atoms with Crippen molar-refractivity contribution in [3.8, 4) is 12.3 Å². The van der Waals surface area contributed by atoms with Crippen molar-refractivity contribution in [2.45, 2.75) is 58.4 Å². The number of nitrogens with two attached hydrogens (primary N) is 1. The van der Waals surface area contributed by atoms with Gasteiger partial charge in [0.2, 0.25) is 5.91 Å². The van der Waals surface area contributed by atoms with Crippen LogP contribution in [0.5, 0.6) is 0 Å². The van der Waals surface area contributed by atoms with E-state index < -0.39 is 0 Å². The average Bonchev–Trinajstić information content (AvgIpc) is 3.50. The molecule has 2 fully saturated rings. The van der Waals surface area contributed by atoms with Gasteiger partial charge in [-0.25, -0.2) is 0 Å². The van der Waals surface area contributed by atoms with E-state index in [9.17, 15) is 4.79 Å². The van der Waals surface area contributed by atoms with Gasteiger partial charge in [-0.2, -0.15) is 7.05 Å². The molecule has 44 heavy (non-hydrogen) atoms. The molecule has 13 nitrogen and oxygen atoms in total. The third kappa shape index (κ3) is 21.8. The molecule has 0 aromatic rings. The Kier molecular flexibility index (Phi) is 33.0. The van der Waals surface area contributed by atoms with E-state index in [4.69, 9.17) is 52.7 Å². The number of ether oxygens (including phenoxy) is 5. The summed E-state index contributed by atoms with van der Waals surface area (Å²) in [4.78, 5) is 21.8. The molecular formula is C29H53ClN6O7Y-2. The number of nitrogens with one attached hydrogen (secondary N) is 1. The Hall–Kier alpha value is -0.886. The first kappa shape index (κ1) is 45.2. The Balaban J connectivity index is 0. The predicted molar refractivity (Wildman–Crippen MR) is 170 cm³/mol. The van der Waals surface area contributed by atoms with Crippen molar-refractivity contribution < 1.29 is 66.3 Å². The van der Waals surface area contributed by atoms with Crippen LogP contribution in [0.25, 0.3) is 10.2 Å². The van der Waals surface area contributed by atoms with Crippen LogP contribution < -0.4 is 11.1 Å². The topological polar surface area (TPSA) is 165 Å². The molecule has 253 valence electrons. The zero-order valence-corrected chi connectivity index (χ0v) is 30.5. The minimum Gasteiger partial charge on any atom is -0.661 e. The molecule has 2 unspecified atom stereocenters. The summed E-state index contributed by atoms with van der Waals surface area (Å²) in [6.45, 7) is 12.7. The second-order valence-electron chi connectivity index (χ2n) is 9.16. The number of terminal acetylenes is 1. The molecule has 2 aliphatic rings. The van der Waals surface area contributed by atoms with Gasteiger partial charge in [-0.1, -0.05) is 25.3 Å². The summed E-state index contributed by atoms with van der Waals surface area (Å²) in [5.41, 5.74) is 6.11. The van der Waals surface area contributed by atoms with Gasteiger partial charge in [-0.3, -0.25) is 4.79 Å². The van der Waals surface area contributed by atoms with E-state index in [-0.39, 0.29) is 63.6 Å². The fraction of sp³-hybridized carbons (Fsp3) is 0.793. The van der Waals surface area contributed by atoms with Crippen LogP contribution >= 0.6 is 11.8 Å². The Labute approximate surface area is 294 Å². The molecule has 0 bridgehead atoms. The van der Waals surface area contributed by atoms with E-state index in [0.29, 0.717) is 77.2 Å². The van der Waals surface area contributed by atoms with E-state index in [0.717, 1.165) is 32.5 Å². The normalized spacial score (nSPS) is 19.9. The molecule has 3 atom stereocenters. The van der Waals surface area contributed by atoms with Crippen LogP contribution in [0.2, 0.25) is 0 Å². The molecule has 2 saturated heterocycles. The Morgan fingerprint density at radius 2 is 1.77 bits per heavy atom. The van der Waals surface area contributed by atoms with Gasteiger partial charge in [0.15, 0.2) is 0 Å². The van der Waals surface area contributed by atoms with Crippen molar-refractivity contribution in [3.05, 3.63) is 21.9 Å². The first-order valence-corrected chi connectivity index (χ1v) is 15.2. The predicted octanol–water partition coefficient (Wildman–Crippen LogP) is 2.18. The molecule has 4 N–H and O–H groups in total. The zero-order chi connectivity index (χ0) is 32.1. The quantitative estimate of drug-likeness (QED) is 0.0833. The zero-order valence-electron chi connectivity index (χ0n) is 26.9. The first-order valence-electron chi connectivity index (χ1n) is 14.9. The largest absolute Gasteiger partial charge is 0.661 e. The Morgan fingerprint density at radius 3 is 2.27 bits per heavy atom. The second kappa shape index (κ2) is 32.1. The molecule has 1 amide bonds. The summed E-state index contributed by atoms with van der Waals surface area (Å²) in [7, 11) is 1.67. The SMILES string of the molecule is C#CCOCCOCCOCCOCCC(=O)N1CCNC[C@@H]1C.CC.C[N-]CC(=C/N)/C(=N\C1CCC(CO)O1)[N-]Cl.[Y]. The van der Waals surface area contributed by atoms with Crippen molar-refractivity contribution in [1.29, 1.82) is 0 Å². The van der Waals surface area contributed by atoms with Crippen molar-refractivity contribution in [2.24, 2.45) is 10.7 Å². The number of hydrogen-bond acceptors (Lipinski definition) is 10. The minimum absolute atomic E-state index is 0. The van der Waals surface area contributed by atoms with Crippen molar-refractivity contribution >= 4 is 23.5 Å². The molecule has 0 aromatic carbocycles. The number of aliphatic imine (C=N–C) groups is 1. The maximum Gasteiger partial charge on any atom is 0.225 e. The van der Waals surface area contributed by atoms with Gasteiger partial charge in [0.05, 0.1) is 71.6 Å². The summed E-state index contributed by atoms with van der Waals surface area (Å²) in [6, 6.07) is 0.256. The molecule has 15 heteroatoms. The molecular weight excluding hydrogens is 669 g/mol. The Morgan fingerprint density at radius 1 is 1.16 bits per heavy atom. The summed E-state index contributed by atoms with van der Waals surface area (Å²) in [5.74, 6) is 2.88. The molecule has 0 saturated carbocycles. The number of halogens is 1. The Bertz CT molecular complexity index is 807. The van der Waals surface area contributed by atoms with Gasteiger partial charge in [0, 0.05) is 58.4 Å². The van der Waals surface area contributed by atoms with Gasteiger partial charge in [-0.15, -0.1) is 24.7 Å². The van der Waals surface area contributed by atoms with Gasteiger partial charge < -0.3 is 59.9 Å². The minimum atomic E-state index is -0.323. The van der Waals surface area contributed by atoms with Crippen molar-refractivity contribution in [1.82, 2.24) is 10.2 Å². The van der Waals surface area contributed by atoms with Crippen LogP contribution in [0, 0.1) is 12.3 Å².